The predicted molar refractivity (Wildman–Crippen MR) is 94.6 cm³/mol. The third-order valence-electron chi connectivity index (χ3n) is 4.35. The Labute approximate surface area is 147 Å². The lowest BCUT2D eigenvalue weighted by Crippen LogP contribution is -2.51. The molecule has 0 spiro atoms. The standard InChI is InChI=1S/C14H20N2O.C4H4O4/c1-4-13(17-3)14(8-6-9-15-11-14)12-7-5-10-16(12)2;5-3(6)1-2-4(7)8/h1,6,8-9,12-13H,5,7,10-11H2,2-3H3;1-2H,(H,5,6)(H,7,8)/b;2-1+. The molecule has 1 fully saturated rings. The van der Waals surface area contributed by atoms with Gasteiger partial charge in [-0.1, -0.05) is 12.0 Å². The number of aliphatic carboxylic acids is 2. The number of likely N-dealkylation sites (tertiary alicyclic amines) is 1. The Morgan fingerprint density at radius 1 is 1.44 bits per heavy atom. The summed E-state index contributed by atoms with van der Waals surface area (Å²) in [5.74, 6) is 0.272. The Kier molecular flexibility index (Phi) is 8.05. The molecule has 3 unspecified atom stereocenters. The molecule has 2 aliphatic heterocycles. The maximum absolute atomic E-state index is 9.55. The number of hydrogen-bond acceptors (Lipinski definition) is 5. The van der Waals surface area contributed by atoms with Gasteiger partial charge in [0.2, 0.25) is 0 Å². The Morgan fingerprint density at radius 3 is 2.44 bits per heavy atom. The molecule has 2 aliphatic rings. The number of hydrogen-bond donors (Lipinski definition) is 2. The molecule has 2 N–H and O–H groups in total. The summed E-state index contributed by atoms with van der Waals surface area (Å²) in [5, 5.41) is 15.6. The van der Waals surface area contributed by atoms with Gasteiger partial charge in [0.25, 0.3) is 0 Å². The highest BCUT2D eigenvalue weighted by molar-refractivity contribution is 5.89. The van der Waals surface area contributed by atoms with E-state index in [0.717, 1.165) is 19.5 Å². The van der Waals surface area contributed by atoms with E-state index in [4.69, 9.17) is 21.4 Å². The molecule has 3 atom stereocenters. The van der Waals surface area contributed by atoms with Crippen LogP contribution in [0, 0.1) is 17.8 Å². The zero-order valence-electron chi connectivity index (χ0n) is 14.5. The number of carbonyl (C=O) groups is 2. The molecule has 7 heteroatoms. The number of carboxylic acids is 2. The summed E-state index contributed by atoms with van der Waals surface area (Å²) in [7, 11) is 3.85. The van der Waals surface area contributed by atoms with Gasteiger partial charge in [-0.3, -0.25) is 4.99 Å². The van der Waals surface area contributed by atoms with Crippen molar-refractivity contribution in [1.82, 2.24) is 4.90 Å². The maximum Gasteiger partial charge on any atom is 0.328 e. The average Bonchev–Trinajstić information content (AvgIpc) is 3.02. The van der Waals surface area contributed by atoms with Gasteiger partial charge >= 0.3 is 11.9 Å². The highest BCUT2D eigenvalue weighted by atomic mass is 16.5. The molecule has 0 aromatic rings. The van der Waals surface area contributed by atoms with Crippen molar-refractivity contribution in [2.45, 2.75) is 25.0 Å². The molecule has 2 rings (SSSR count). The lowest BCUT2D eigenvalue weighted by molar-refractivity contribution is -0.134. The second-order valence-electron chi connectivity index (χ2n) is 5.89. The van der Waals surface area contributed by atoms with Gasteiger partial charge < -0.3 is 19.8 Å². The molecule has 0 aromatic carbocycles. The Bertz CT molecular complexity index is 589. The van der Waals surface area contributed by atoms with Crippen LogP contribution in [-0.2, 0) is 14.3 Å². The molecule has 0 amide bonds. The predicted octanol–water partition coefficient (Wildman–Crippen LogP) is 1.07. The minimum absolute atomic E-state index is 0.163. The normalized spacial score (nSPS) is 26.7. The molecular weight excluding hydrogens is 324 g/mol. The molecular formula is C18H24N2O5. The lowest BCUT2D eigenvalue weighted by Gasteiger charge is -2.42. The summed E-state index contributed by atoms with van der Waals surface area (Å²) in [6, 6.07) is 0.428. The summed E-state index contributed by atoms with van der Waals surface area (Å²) in [6.07, 6.45) is 15.0. The minimum atomic E-state index is -1.26. The fourth-order valence-electron chi connectivity index (χ4n) is 3.28. The van der Waals surface area contributed by atoms with Gasteiger partial charge in [-0.15, -0.1) is 6.42 Å². The van der Waals surface area contributed by atoms with E-state index in [1.54, 1.807) is 7.11 Å². The summed E-state index contributed by atoms with van der Waals surface area (Å²) >= 11 is 0. The fraction of sp³-hybridized carbons (Fsp3) is 0.500. The number of ether oxygens (including phenoxy) is 1. The van der Waals surface area contributed by atoms with Crippen molar-refractivity contribution >= 4 is 18.2 Å². The highest BCUT2D eigenvalue weighted by Crippen LogP contribution is 2.39. The first-order valence-corrected chi connectivity index (χ1v) is 7.88. The summed E-state index contributed by atoms with van der Waals surface area (Å²) in [6.45, 7) is 1.85. The van der Waals surface area contributed by atoms with Crippen LogP contribution < -0.4 is 0 Å². The van der Waals surface area contributed by atoms with Crippen molar-refractivity contribution in [3.63, 3.8) is 0 Å². The third-order valence-corrected chi connectivity index (χ3v) is 4.35. The first-order chi connectivity index (χ1) is 11.9. The highest BCUT2D eigenvalue weighted by Gasteiger charge is 2.47. The first kappa shape index (κ1) is 20.6. The molecule has 2 heterocycles. The van der Waals surface area contributed by atoms with E-state index in [1.807, 2.05) is 12.3 Å². The van der Waals surface area contributed by atoms with Crippen LogP contribution in [0.15, 0.2) is 29.3 Å². The van der Waals surface area contributed by atoms with Crippen LogP contribution in [0.3, 0.4) is 0 Å². The van der Waals surface area contributed by atoms with Crippen molar-refractivity contribution in [2.75, 3.05) is 27.2 Å². The van der Waals surface area contributed by atoms with Crippen LogP contribution in [0.5, 0.6) is 0 Å². The van der Waals surface area contributed by atoms with E-state index in [2.05, 4.69) is 28.9 Å². The van der Waals surface area contributed by atoms with E-state index < -0.39 is 11.9 Å². The van der Waals surface area contributed by atoms with E-state index in [9.17, 15) is 9.59 Å². The van der Waals surface area contributed by atoms with Crippen molar-refractivity contribution in [3.8, 4) is 12.3 Å². The largest absolute Gasteiger partial charge is 0.478 e. The van der Waals surface area contributed by atoms with Crippen LogP contribution in [0.1, 0.15) is 12.8 Å². The molecule has 0 radical (unpaired) electrons. The Morgan fingerprint density at radius 2 is 2.08 bits per heavy atom. The molecule has 136 valence electrons. The third kappa shape index (κ3) is 5.55. The van der Waals surface area contributed by atoms with Gasteiger partial charge in [-0.05, 0) is 32.5 Å². The van der Waals surface area contributed by atoms with Gasteiger partial charge in [-0.2, -0.15) is 0 Å². The number of methoxy groups -OCH3 is 1. The number of carboxylic acid groups (broad SMARTS) is 2. The number of aliphatic imine (C=N–C) groups is 1. The molecule has 7 nitrogen and oxygen atoms in total. The van der Waals surface area contributed by atoms with Crippen molar-refractivity contribution < 1.29 is 24.5 Å². The summed E-state index contributed by atoms with van der Waals surface area (Å²) in [5.41, 5.74) is -0.163. The van der Waals surface area contributed by atoms with E-state index in [1.165, 1.54) is 6.42 Å². The maximum atomic E-state index is 9.55. The molecule has 0 bridgehead atoms. The Balaban J connectivity index is 0.000000333. The smallest absolute Gasteiger partial charge is 0.328 e. The number of terminal acetylenes is 1. The van der Waals surface area contributed by atoms with Gasteiger partial charge in [0, 0.05) is 31.5 Å². The zero-order valence-corrected chi connectivity index (χ0v) is 14.5. The van der Waals surface area contributed by atoms with Crippen LogP contribution in [0.25, 0.3) is 0 Å². The second kappa shape index (κ2) is 9.77. The SMILES string of the molecule is C#CC(OC)C1(C2CCCN2C)C=CC=NC1.O=C(O)/C=C/C(=O)O. The van der Waals surface area contributed by atoms with E-state index >= 15 is 0 Å². The zero-order chi connectivity index (χ0) is 18.9. The topological polar surface area (TPSA) is 99.4 Å². The van der Waals surface area contributed by atoms with Crippen molar-refractivity contribution in [1.29, 1.82) is 0 Å². The quantitative estimate of drug-likeness (QED) is 0.569. The molecule has 0 aromatic heterocycles. The lowest BCUT2D eigenvalue weighted by atomic mass is 9.73. The monoisotopic (exact) mass is 348 g/mol. The van der Waals surface area contributed by atoms with E-state index in [0.29, 0.717) is 18.2 Å². The van der Waals surface area contributed by atoms with Crippen molar-refractivity contribution in [3.05, 3.63) is 24.3 Å². The van der Waals surface area contributed by atoms with Crippen LogP contribution in [0.2, 0.25) is 0 Å². The van der Waals surface area contributed by atoms with Crippen LogP contribution in [0.4, 0.5) is 0 Å². The number of allylic oxidation sites excluding steroid dienone is 1. The van der Waals surface area contributed by atoms with Gasteiger partial charge in [0.05, 0.1) is 12.0 Å². The van der Waals surface area contributed by atoms with Gasteiger partial charge in [0.15, 0.2) is 0 Å². The van der Waals surface area contributed by atoms with Gasteiger partial charge in [-0.25, -0.2) is 9.59 Å². The summed E-state index contributed by atoms with van der Waals surface area (Å²) < 4.78 is 5.52. The molecule has 0 aliphatic carbocycles. The van der Waals surface area contributed by atoms with E-state index in [-0.39, 0.29) is 11.5 Å². The first-order valence-electron chi connectivity index (χ1n) is 7.88. The number of rotatable bonds is 5. The number of nitrogens with zero attached hydrogens (tertiary/aromatic N) is 2. The molecule has 1 saturated heterocycles. The van der Waals surface area contributed by atoms with Crippen LogP contribution in [-0.4, -0.2) is 72.7 Å². The van der Waals surface area contributed by atoms with Gasteiger partial charge in [0.1, 0.15) is 6.10 Å². The minimum Gasteiger partial charge on any atom is -0.478 e. The summed E-state index contributed by atoms with van der Waals surface area (Å²) in [4.78, 5) is 25.9. The second-order valence-corrected chi connectivity index (χ2v) is 5.89. The molecule has 25 heavy (non-hydrogen) atoms. The molecule has 0 saturated carbocycles. The van der Waals surface area contributed by atoms with Crippen molar-refractivity contribution in [2.24, 2.45) is 10.4 Å². The Hall–Kier alpha value is -2.43. The number of dihydropyridines is 1. The fourth-order valence-corrected chi connectivity index (χ4v) is 3.28. The van der Waals surface area contributed by atoms with Crippen LogP contribution >= 0.6 is 0 Å². The average molecular weight is 348 g/mol.